The third-order valence-corrected chi connectivity index (χ3v) is 3.96. The van der Waals surface area contributed by atoms with Crippen LogP contribution in [-0.2, 0) is 20.8 Å². The number of hydrogen-bond acceptors (Lipinski definition) is 7. The van der Waals surface area contributed by atoms with Gasteiger partial charge in [0.25, 0.3) is 0 Å². The number of aliphatic carboxylic acids is 2. The van der Waals surface area contributed by atoms with Crippen molar-refractivity contribution in [2.45, 2.75) is 50.2 Å². The molecule has 0 saturated carbocycles. The molecule has 1 aromatic heterocycles. The zero-order chi connectivity index (χ0) is 20.2. The summed E-state index contributed by atoms with van der Waals surface area (Å²) in [6.07, 6.45) is 4.61. The molecule has 1 unspecified atom stereocenters. The van der Waals surface area contributed by atoms with Gasteiger partial charge in [-0.3, -0.25) is 19.7 Å². The smallest absolute Gasteiger partial charge is 0.321 e. The molecule has 152 valence electrons. The predicted octanol–water partition coefficient (Wildman–Crippen LogP) is -1.59. The number of unbranched alkanes of at least 4 members (excludes halogenated alkanes) is 1. The molecule has 0 aliphatic rings. The predicted molar refractivity (Wildman–Crippen MR) is 96.8 cm³/mol. The van der Waals surface area contributed by atoms with Crippen LogP contribution in [0.15, 0.2) is 12.5 Å². The van der Waals surface area contributed by atoms with E-state index in [9.17, 15) is 19.5 Å². The Morgan fingerprint density at radius 2 is 2.00 bits per heavy atom. The van der Waals surface area contributed by atoms with Gasteiger partial charge in [0.1, 0.15) is 6.04 Å². The number of aromatic nitrogens is 2. The first-order valence-corrected chi connectivity index (χ1v) is 8.74. The van der Waals surface area contributed by atoms with Crippen molar-refractivity contribution in [3.63, 3.8) is 0 Å². The lowest BCUT2D eigenvalue weighted by molar-refractivity contribution is -0.141. The van der Waals surface area contributed by atoms with Gasteiger partial charge in [0.05, 0.1) is 18.8 Å². The molecule has 0 bridgehead atoms. The highest BCUT2D eigenvalue weighted by Gasteiger charge is 2.25. The van der Waals surface area contributed by atoms with E-state index in [1.54, 1.807) is 0 Å². The van der Waals surface area contributed by atoms with E-state index in [0.29, 0.717) is 25.1 Å². The van der Waals surface area contributed by atoms with Crippen LogP contribution in [-0.4, -0.2) is 69.2 Å². The van der Waals surface area contributed by atoms with Gasteiger partial charge >= 0.3 is 11.9 Å². The summed E-state index contributed by atoms with van der Waals surface area (Å²) in [4.78, 5) is 41.2. The van der Waals surface area contributed by atoms with Gasteiger partial charge in [-0.2, -0.15) is 0 Å². The fourth-order valence-corrected chi connectivity index (χ4v) is 2.51. The molecule has 0 aromatic carbocycles. The minimum atomic E-state index is -1.13. The average molecular weight is 384 g/mol. The zero-order valence-electron chi connectivity index (χ0n) is 15.1. The van der Waals surface area contributed by atoms with Crippen LogP contribution in [0.2, 0.25) is 0 Å². The Labute approximate surface area is 156 Å². The largest absolute Gasteiger partial charge is 0.481 e. The first-order chi connectivity index (χ1) is 12.8. The first kappa shape index (κ1) is 22.5. The molecule has 1 aromatic rings. The lowest BCUT2D eigenvalue weighted by atomic mass is 10.1. The lowest BCUT2D eigenvalue weighted by Crippen LogP contribution is -2.52. The number of hydrogen-bond donors (Lipinski definition) is 7. The van der Waals surface area contributed by atoms with Crippen molar-refractivity contribution in [2.24, 2.45) is 11.5 Å². The highest BCUT2D eigenvalue weighted by Crippen LogP contribution is 2.03. The van der Waals surface area contributed by atoms with Crippen molar-refractivity contribution >= 4 is 17.8 Å². The van der Waals surface area contributed by atoms with Crippen molar-refractivity contribution in [1.82, 2.24) is 20.6 Å². The molecule has 3 atom stereocenters. The van der Waals surface area contributed by atoms with Crippen LogP contribution < -0.4 is 22.1 Å². The van der Waals surface area contributed by atoms with Crippen LogP contribution in [0, 0.1) is 0 Å². The molecule has 0 aliphatic carbocycles. The maximum atomic E-state index is 12.0. The molecule has 0 radical (unpaired) electrons. The molecule has 11 nitrogen and oxygen atoms in total. The van der Waals surface area contributed by atoms with Crippen LogP contribution in [0.3, 0.4) is 0 Å². The minimum Gasteiger partial charge on any atom is -0.481 e. The molecule has 1 amide bonds. The Balaban J connectivity index is 2.61. The molecular weight excluding hydrogens is 356 g/mol. The number of imidazole rings is 1. The monoisotopic (exact) mass is 384 g/mol. The van der Waals surface area contributed by atoms with Crippen molar-refractivity contribution in [3.05, 3.63) is 18.2 Å². The Morgan fingerprint density at radius 3 is 2.56 bits per heavy atom. The second kappa shape index (κ2) is 12.0. The van der Waals surface area contributed by atoms with Gasteiger partial charge in [-0.25, -0.2) is 4.98 Å². The second-order valence-corrected chi connectivity index (χ2v) is 6.27. The average Bonchev–Trinajstić information content (AvgIpc) is 3.11. The van der Waals surface area contributed by atoms with Gasteiger partial charge < -0.3 is 32.0 Å². The van der Waals surface area contributed by atoms with Crippen LogP contribution in [0.1, 0.15) is 31.4 Å². The fourth-order valence-electron chi connectivity index (χ4n) is 2.51. The third-order valence-electron chi connectivity index (χ3n) is 3.96. The molecule has 1 heterocycles. The van der Waals surface area contributed by atoms with Gasteiger partial charge in [0.15, 0.2) is 0 Å². The molecule has 0 saturated heterocycles. The SMILES string of the molecule is NCCCC[C@H](N)C(=O)NCC(CC(=O)O)N[C@@H](Cc1cnc[nH]1)C(=O)O. The number of carbonyl (C=O) groups excluding carboxylic acids is 1. The number of aromatic amines is 1. The van der Waals surface area contributed by atoms with E-state index in [2.05, 4.69) is 20.6 Å². The summed E-state index contributed by atoms with van der Waals surface area (Å²) in [5.74, 6) is -2.66. The highest BCUT2D eigenvalue weighted by molar-refractivity contribution is 5.81. The second-order valence-electron chi connectivity index (χ2n) is 6.27. The summed E-state index contributed by atoms with van der Waals surface area (Å²) in [7, 11) is 0. The van der Waals surface area contributed by atoms with E-state index >= 15 is 0 Å². The molecule has 0 fully saturated rings. The standard InChI is InChI=1S/C16H28N6O5/c17-4-2-1-3-12(18)15(25)20-8-11(6-14(23)24)22-13(16(26)27)5-10-7-19-9-21-10/h7,9,11-13,22H,1-6,8,17-18H2,(H,19,21)(H,20,25)(H,23,24)(H,26,27)/t11?,12-,13-/m0/s1. The number of nitrogens with zero attached hydrogens (tertiary/aromatic N) is 1. The van der Waals surface area contributed by atoms with Gasteiger partial charge in [-0.1, -0.05) is 6.42 Å². The number of nitrogens with one attached hydrogen (secondary N) is 3. The first-order valence-electron chi connectivity index (χ1n) is 8.74. The maximum Gasteiger partial charge on any atom is 0.321 e. The number of carbonyl (C=O) groups is 3. The molecule has 27 heavy (non-hydrogen) atoms. The molecule has 11 heteroatoms. The van der Waals surface area contributed by atoms with E-state index in [4.69, 9.17) is 16.6 Å². The van der Waals surface area contributed by atoms with Crippen molar-refractivity contribution < 1.29 is 24.6 Å². The Kier molecular flexibility index (Phi) is 10.0. The molecular formula is C16H28N6O5. The molecule has 1 rings (SSSR count). The van der Waals surface area contributed by atoms with Crippen LogP contribution in [0.4, 0.5) is 0 Å². The summed E-state index contributed by atoms with van der Waals surface area (Å²) >= 11 is 0. The Morgan fingerprint density at radius 1 is 1.26 bits per heavy atom. The number of carboxylic acid groups (broad SMARTS) is 2. The Bertz CT molecular complexity index is 594. The summed E-state index contributed by atoms with van der Waals surface area (Å²) in [5, 5.41) is 23.8. The molecule has 0 spiro atoms. The van der Waals surface area contributed by atoms with Crippen LogP contribution >= 0.6 is 0 Å². The summed E-state index contributed by atoms with van der Waals surface area (Å²) in [6.45, 7) is 0.467. The molecule has 9 N–H and O–H groups in total. The fraction of sp³-hybridized carbons (Fsp3) is 0.625. The van der Waals surface area contributed by atoms with E-state index in [-0.39, 0.29) is 19.4 Å². The van der Waals surface area contributed by atoms with Crippen LogP contribution in [0.5, 0.6) is 0 Å². The van der Waals surface area contributed by atoms with Crippen molar-refractivity contribution in [1.29, 1.82) is 0 Å². The van der Waals surface area contributed by atoms with E-state index in [1.165, 1.54) is 12.5 Å². The van der Waals surface area contributed by atoms with E-state index in [0.717, 1.165) is 6.42 Å². The zero-order valence-corrected chi connectivity index (χ0v) is 15.1. The summed E-state index contributed by atoms with van der Waals surface area (Å²) in [6, 6.07) is -2.53. The van der Waals surface area contributed by atoms with E-state index in [1.807, 2.05) is 0 Å². The lowest BCUT2D eigenvalue weighted by Gasteiger charge is -2.23. The van der Waals surface area contributed by atoms with Crippen LogP contribution in [0.25, 0.3) is 0 Å². The normalized spacial score (nSPS) is 14.3. The van der Waals surface area contributed by atoms with Gasteiger partial charge in [-0.05, 0) is 19.4 Å². The highest BCUT2D eigenvalue weighted by atomic mass is 16.4. The summed E-state index contributed by atoms with van der Waals surface area (Å²) < 4.78 is 0. The van der Waals surface area contributed by atoms with Gasteiger partial charge in [-0.15, -0.1) is 0 Å². The molecule has 0 aliphatic heterocycles. The van der Waals surface area contributed by atoms with Gasteiger partial charge in [0, 0.05) is 30.9 Å². The number of carboxylic acids is 2. The van der Waals surface area contributed by atoms with E-state index < -0.39 is 36.0 Å². The van der Waals surface area contributed by atoms with Crippen molar-refractivity contribution in [3.8, 4) is 0 Å². The Hall–Kier alpha value is -2.50. The minimum absolute atomic E-state index is 0.0531. The maximum absolute atomic E-state index is 12.0. The van der Waals surface area contributed by atoms with Gasteiger partial charge in [0.2, 0.25) is 5.91 Å². The number of H-pyrrole nitrogens is 1. The summed E-state index contributed by atoms with van der Waals surface area (Å²) in [5.41, 5.74) is 11.8. The number of amides is 1. The number of nitrogens with two attached hydrogens (primary N) is 2. The van der Waals surface area contributed by atoms with Crippen molar-refractivity contribution in [2.75, 3.05) is 13.1 Å². The third kappa shape index (κ3) is 9.13. The number of rotatable bonds is 14. The topological polar surface area (TPSA) is 196 Å². The quantitative estimate of drug-likeness (QED) is 0.185.